The number of rotatable bonds is 5. The third-order valence-electron chi connectivity index (χ3n) is 5.00. The van der Waals surface area contributed by atoms with Crippen molar-refractivity contribution in [2.45, 2.75) is 63.1 Å². The molecule has 0 aliphatic rings. The molecule has 2 rings (SSSR count). The highest BCUT2D eigenvalue weighted by molar-refractivity contribution is 8.29. The van der Waals surface area contributed by atoms with Crippen molar-refractivity contribution in [3.05, 3.63) is 65.7 Å². The second-order valence-electron chi connectivity index (χ2n) is 7.53. The van der Waals surface area contributed by atoms with E-state index >= 15 is 0 Å². The molecule has 0 N–H and O–H groups in total. The number of benzene rings is 2. The van der Waals surface area contributed by atoms with Gasteiger partial charge in [-0.05, 0) is 40.9 Å². The summed E-state index contributed by atoms with van der Waals surface area (Å²) in [5, 5.41) is 0. The monoisotopic (exact) mass is 366 g/mol. The molecular weight excluding hydrogens is 336 g/mol. The van der Waals surface area contributed by atoms with Crippen LogP contribution in [-0.2, 0) is 0 Å². The lowest BCUT2D eigenvalue weighted by atomic mass is 10.2. The van der Waals surface area contributed by atoms with Crippen molar-refractivity contribution in [3.8, 4) is 11.8 Å². The predicted molar refractivity (Wildman–Crippen MR) is 116 cm³/mol. The van der Waals surface area contributed by atoms with Gasteiger partial charge in [0.25, 0.3) is 0 Å². The van der Waals surface area contributed by atoms with Gasteiger partial charge in [0.05, 0.1) is 0 Å². The van der Waals surface area contributed by atoms with Crippen molar-refractivity contribution in [1.82, 2.24) is 0 Å². The summed E-state index contributed by atoms with van der Waals surface area (Å²) in [5.41, 5.74) is 4.42. The molecule has 0 heterocycles. The minimum Gasteiger partial charge on any atom is -0.149 e. The van der Waals surface area contributed by atoms with Crippen LogP contribution in [0.4, 0.5) is 0 Å². The first-order valence-corrected chi connectivity index (χ1v) is 13.0. The number of hydrogen-bond acceptors (Lipinski definition) is 1. The molecule has 132 valence electrons. The van der Waals surface area contributed by atoms with Crippen LogP contribution in [0.15, 0.2) is 59.5 Å². The maximum atomic E-state index is 3.42. The van der Waals surface area contributed by atoms with Crippen LogP contribution in [-0.4, -0.2) is 7.22 Å². The van der Waals surface area contributed by atoms with Crippen molar-refractivity contribution >= 4 is 18.4 Å². The zero-order valence-corrected chi connectivity index (χ0v) is 18.2. The molecule has 0 aliphatic carbocycles. The van der Waals surface area contributed by atoms with E-state index in [9.17, 15) is 0 Å². The molecule has 2 aromatic rings. The topological polar surface area (TPSA) is 0 Å². The van der Waals surface area contributed by atoms with Gasteiger partial charge in [-0.25, -0.2) is 0 Å². The molecule has 0 unspecified atom stereocenters. The van der Waals surface area contributed by atoms with Gasteiger partial charge in [0, 0.05) is 16.0 Å². The minimum atomic E-state index is -1.56. The Balaban J connectivity index is 2.42. The number of hydrogen-bond donors (Lipinski definition) is 0. The molecule has 2 heteroatoms. The summed E-state index contributed by atoms with van der Waals surface area (Å²) in [5.74, 6) is 6.75. The zero-order valence-electron chi connectivity index (χ0n) is 16.3. The Morgan fingerprint density at radius 3 is 1.76 bits per heavy atom. The van der Waals surface area contributed by atoms with Crippen LogP contribution >= 0.6 is 11.2 Å². The summed E-state index contributed by atoms with van der Waals surface area (Å²) >= 11 is 2.16. The molecule has 0 radical (unpaired) electrons. The smallest absolute Gasteiger partial charge is 0.131 e. The molecule has 25 heavy (non-hydrogen) atoms. The molecule has 0 nitrogen and oxygen atoms in total. The third kappa shape index (κ3) is 4.60. The highest BCUT2D eigenvalue weighted by Crippen LogP contribution is 2.52. The fourth-order valence-corrected chi connectivity index (χ4v) is 13.1. The standard InChI is InChI=1S/C23H30SSi/c1-18(2)25(19(3)4,20(5)6)24-23-15-11-10-14-22(23)17-16-21-12-8-7-9-13-21/h7-15,18-20H,1-6H3. The SMILES string of the molecule is CC(C)[Si](Sc1ccccc1C#Cc1ccccc1)(C(C)C)C(C)C. The Hall–Kier alpha value is -1.43. The molecule has 0 bridgehead atoms. The Kier molecular flexibility index (Phi) is 6.99. The van der Waals surface area contributed by atoms with Crippen LogP contribution in [0.2, 0.25) is 16.6 Å². The van der Waals surface area contributed by atoms with E-state index in [1.165, 1.54) is 4.90 Å². The molecule has 0 aromatic heterocycles. The van der Waals surface area contributed by atoms with Crippen molar-refractivity contribution in [2.24, 2.45) is 0 Å². The van der Waals surface area contributed by atoms with E-state index in [2.05, 4.69) is 101 Å². The third-order valence-corrected chi connectivity index (χ3v) is 17.3. The summed E-state index contributed by atoms with van der Waals surface area (Å²) < 4.78 is 0. The first kappa shape index (κ1) is 19.9. The fourth-order valence-electron chi connectivity index (χ4n) is 3.86. The molecule has 0 fully saturated rings. The minimum absolute atomic E-state index is 0.729. The van der Waals surface area contributed by atoms with Gasteiger partial charge in [0.1, 0.15) is 7.22 Å². The van der Waals surface area contributed by atoms with E-state index in [1.54, 1.807) is 0 Å². The van der Waals surface area contributed by atoms with E-state index in [0.717, 1.165) is 27.8 Å². The van der Waals surface area contributed by atoms with Crippen LogP contribution in [0.25, 0.3) is 0 Å². The summed E-state index contributed by atoms with van der Waals surface area (Å²) in [6.07, 6.45) is 0. The highest BCUT2D eigenvalue weighted by atomic mass is 32.4. The van der Waals surface area contributed by atoms with Gasteiger partial charge >= 0.3 is 0 Å². The molecule has 0 saturated heterocycles. The van der Waals surface area contributed by atoms with Crippen molar-refractivity contribution < 1.29 is 0 Å². The molecular formula is C23H30SSi. The van der Waals surface area contributed by atoms with Gasteiger partial charge < -0.3 is 0 Å². The molecule has 0 aliphatic heterocycles. The van der Waals surface area contributed by atoms with Crippen LogP contribution in [0.5, 0.6) is 0 Å². The average Bonchev–Trinajstić information content (AvgIpc) is 2.58. The van der Waals surface area contributed by atoms with E-state index in [0.29, 0.717) is 0 Å². The molecule has 0 saturated carbocycles. The van der Waals surface area contributed by atoms with E-state index in [-0.39, 0.29) is 0 Å². The van der Waals surface area contributed by atoms with E-state index < -0.39 is 7.22 Å². The second-order valence-corrected chi connectivity index (χ2v) is 16.1. The lowest BCUT2D eigenvalue weighted by Gasteiger charge is -2.42. The fraction of sp³-hybridized carbons (Fsp3) is 0.391. The molecule has 0 amide bonds. The predicted octanol–water partition coefficient (Wildman–Crippen LogP) is 7.35. The van der Waals surface area contributed by atoms with E-state index in [4.69, 9.17) is 0 Å². The first-order valence-electron chi connectivity index (χ1n) is 9.23. The van der Waals surface area contributed by atoms with E-state index in [1.807, 2.05) is 18.2 Å². The second kappa shape index (κ2) is 8.78. The quantitative estimate of drug-likeness (QED) is 0.393. The van der Waals surface area contributed by atoms with Gasteiger partial charge in [-0.2, -0.15) is 0 Å². The lowest BCUT2D eigenvalue weighted by molar-refractivity contribution is 0.851. The molecule has 2 aromatic carbocycles. The van der Waals surface area contributed by atoms with Gasteiger partial charge in [-0.3, -0.25) is 0 Å². The molecule has 0 atom stereocenters. The largest absolute Gasteiger partial charge is 0.149 e. The van der Waals surface area contributed by atoms with Crippen LogP contribution in [0.1, 0.15) is 52.7 Å². The summed E-state index contributed by atoms with van der Waals surface area (Å²) in [7, 11) is -1.56. The van der Waals surface area contributed by atoms with Gasteiger partial charge in [-0.1, -0.05) is 83.7 Å². The first-order chi connectivity index (χ1) is 11.9. The maximum absolute atomic E-state index is 3.42. The normalized spacial score (nSPS) is 11.7. The summed E-state index contributed by atoms with van der Waals surface area (Å²) in [6, 6.07) is 18.9. The zero-order chi connectivity index (χ0) is 18.4. The van der Waals surface area contributed by atoms with Crippen molar-refractivity contribution in [2.75, 3.05) is 0 Å². The van der Waals surface area contributed by atoms with Crippen molar-refractivity contribution in [3.63, 3.8) is 0 Å². The van der Waals surface area contributed by atoms with Crippen molar-refractivity contribution in [1.29, 1.82) is 0 Å². The Morgan fingerprint density at radius 2 is 1.20 bits per heavy atom. The lowest BCUT2D eigenvalue weighted by Crippen LogP contribution is -2.41. The van der Waals surface area contributed by atoms with Crippen LogP contribution < -0.4 is 0 Å². The average molecular weight is 367 g/mol. The van der Waals surface area contributed by atoms with Gasteiger partial charge in [0.2, 0.25) is 0 Å². The summed E-state index contributed by atoms with van der Waals surface area (Å²) in [4.78, 5) is 1.36. The Morgan fingerprint density at radius 1 is 0.680 bits per heavy atom. The summed E-state index contributed by atoms with van der Waals surface area (Å²) in [6.45, 7) is 14.5. The van der Waals surface area contributed by atoms with Gasteiger partial charge in [-0.15, -0.1) is 11.2 Å². The van der Waals surface area contributed by atoms with Crippen LogP contribution in [0, 0.1) is 11.8 Å². The maximum Gasteiger partial charge on any atom is 0.131 e. The molecule has 0 spiro atoms. The Bertz CT molecular complexity index is 714. The van der Waals surface area contributed by atoms with Crippen LogP contribution in [0.3, 0.4) is 0 Å². The Labute approximate surface area is 159 Å². The van der Waals surface area contributed by atoms with Gasteiger partial charge in [0.15, 0.2) is 0 Å². The highest BCUT2D eigenvalue weighted by Gasteiger charge is 2.44.